The Kier molecular flexibility index (Phi) is 19.7. The normalized spacial score (nSPS) is 11.6. The number of nitrogens with two attached hydrogens (primary N) is 1. The first kappa shape index (κ1) is 33.4. The number of carbonyl (C=O) groups excluding carboxylic acids is 3. The number of phenolic OH excluding ortho intramolecular Hbond substituents is 1. The molecular formula is C30H52N4O4. The number of unbranched alkanes of at least 4 members (excludes halogenated alkanes) is 10. The molecule has 0 radical (unpaired) electrons. The lowest BCUT2D eigenvalue weighted by molar-refractivity contribution is -0.129. The Hall–Kier alpha value is -2.61. The van der Waals surface area contributed by atoms with Gasteiger partial charge in [-0.3, -0.25) is 14.4 Å². The SMILES string of the molecule is CCCC(=O)N[C@@H](Cc1ccc(O)cc1)C(=O)NCCCCCCCCCCCCNC(=O)CCCCN. The number of hydrogen-bond acceptors (Lipinski definition) is 5. The summed E-state index contributed by atoms with van der Waals surface area (Å²) in [6, 6.07) is 6.11. The smallest absolute Gasteiger partial charge is 0.242 e. The van der Waals surface area contributed by atoms with E-state index in [1.54, 1.807) is 24.3 Å². The van der Waals surface area contributed by atoms with Crippen LogP contribution in [0, 0.1) is 0 Å². The Morgan fingerprint density at radius 1 is 0.737 bits per heavy atom. The highest BCUT2D eigenvalue weighted by molar-refractivity contribution is 5.87. The van der Waals surface area contributed by atoms with Gasteiger partial charge in [-0.2, -0.15) is 0 Å². The van der Waals surface area contributed by atoms with E-state index in [1.807, 2.05) is 6.92 Å². The molecule has 38 heavy (non-hydrogen) atoms. The number of hydrogen-bond donors (Lipinski definition) is 5. The van der Waals surface area contributed by atoms with Crippen molar-refractivity contribution in [3.63, 3.8) is 0 Å². The highest BCUT2D eigenvalue weighted by atomic mass is 16.3. The molecule has 0 unspecified atom stereocenters. The number of rotatable bonds is 23. The highest BCUT2D eigenvalue weighted by Gasteiger charge is 2.20. The van der Waals surface area contributed by atoms with Crippen LogP contribution in [-0.2, 0) is 20.8 Å². The number of benzene rings is 1. The minimum atomic E-state index is -0.615. The molecule has 1 rings (SSSR count). The van der Waals surface area contributed by atoms with E-state index < -0.39 is 6.04 Å². The van der Waals surface area contributed by atoms with Gasteiger partial charge in [-0.25, -0.2) is 0 Å². The summed E-state index contributed by atoms with van der Waals surface area (Å²) in [5, 5.41) is 18.3. The molecular weight excluding hydrogens is 480 g/mol. The standard InChI is InChI=1S/C30H52N4O4/c1-2-15-29(37)34-27(24-25-17-19-26(35)20-18-25)30(38)33-23-14-10-8-6-4-3-5-7-9-13-22-32-28(36)16-11-12-21-31/h17-20,27,35H,2-16,21-24,31H2,1H3,(H,32,36)(H,33,38)(H,34,37)/t27-/m0/s1. The molecule has 6 N–H and O–H groups in total. The molecule has 0 bridgehead atoms. The largest absolute Gasteiger partial charge is 0.508 e. The van der Waals surface area contributed by atoms with Crippen molar-refractivity contribution in [2.75, 3.05) is 19.6 Å². The molecule has 3 amide bonds. The van der Waals surface area contributed by atoms with Crippen LogP contribution in [0.25, 0.3) is 0 Å². The van der Waals surface area contributed by atoms with Crippen molar-refractivity contribution in [2.45, 2.75) is 116 Å². The Bertz CT molecular complexity index is 770. The lowest BCUT2D eigenvalue weighted by atomic mass is 10.0. The number of aromatic hydroxyl groups is 1. The maximum absolute atomic E-state index is 12.7. The van der Waals surface area contributed by atoms with Gasteiger partial charge in [-0.15, -0.1) is 0 Å². The Labute approximate surface area is 229 Å². The summed E-state index contributed by atoms with van der Waals surface area (Å²) in [6.45, 7) is 3.97. The first-order valence-electron chi connectivity index (χ1n) is 14.8. The van der Waals surface area contributed by atoms with Crippen molar-refractivity contribution in [3.8, 4) is 5.75 Å². The van der Waals surface area contributed by atoms with Crippen molar-refractivity contribution in [1.29, 1.82) is 0 Å². The third-order valence-corrected chi connectivity index (χ3v) is 6.59. The van der Waals surface area contributed by atoms with Crippen LogP contribution < -0.4 is 21.7 Å². The summed E-state index contributed by atoms with van der Waals surface area (Å²) < 4.78 is 0. The monoisotopic (exact) mass is 532 g/mol. The maximum atomic E-state index is 12.7. The van der Waals surface area contributed by atoms with Crippen molar-refractivity contribution >= 4 is 17.7 Å². The van der Waals surface area contributed by atoms with Gasteiger partial charge in [0.05, 0.1) is 0 Å². The van der Waals surface area contributed by atoms with Crippen molar-refractivity contribution in [1.82, 2.24) is 16.0 Å². The fourth-order valence-corrected chi connectivity index (χ4v) is 4.32. The summed E-state index contributed by atoms with van der Waals surface area (Å²) in [6.07, 6.45) is 15.4. The first-order chi connectivity index (χ1) is 18.5. The second-order valence-corrected chi connectivity index (χ2v) is 10.2. The summed E-state index contributed by atoms with van der Waals surface area (Å²) in [7, 11) is 0. The molecule has 0 spiro atoms. The fourth-order valence-electron chi connectivity index (χ4n) is 4.32. The molecule has 216 valence electrons. The molecule has 8 heteroatoms. The number of phenols is 1. The van der Waals surface area contributed by atoms with Crippen LogP contribution in [0.2, 0.25) is 0 Å². The molecule has 0 aliphatic heterocycles. The zero-order valence-electron chi connectivity index (χ0n) is 23.6. The molecule has 0 saturated carbocycles. The van der Waals surface area contributed by atoms with Crippen molar-refractivity contribution in [3.05, 3.63) is 29.8 Å². The first-order valence-corrected chi connectivity index (χ1v) is 14.8. The number of carbonyl (C=O) groups is 3. The lowest BCUT2D eigenvalue weighted by Gasteiger charge is -2.19. The summed E-state index contributed by atoms with van der Waals surface area (Å²) >= 11 is 0. The second-order valence-electron chi connectivity index (χ2n) is 10.2. The lowest BCUT2D eigenvalue weighted by Crippen LogP contribution is -2.48. The van der Waals surface area contributed by atoms with Gasteiger partial charge in [-0.1, -0.05) is 70.4 Å². The van der Waals surface area contributed by atoms with E-state index in [4.69, 9.17) is 5.73 Å². The zero-order chi connectivity index (χ0) is 27.8. The van der Waals surface area contributed by atoms with Gasteiger partial charge in [0, 0.05) is 32.4 Å². The van der Waals surface area contributed by atoms with Gasteiger partial charge >= 0.3 is 0 Å². The van der Waals surface area contributed by atoms with Gasteiger partial charge in [0.1, 0.15) is 11.8 Å². The molecule has 0 heterocycles. The van der Waals surface area contributed by atoms with Crippen LogP contribution >= 0.6 is 0 Å². The molecule has 0 saturated heterocycles. The maximum Gasteiger partial charge on any atom is 0.242 e. The molecule has 8 nitrogen and oxygen atoms in total. The van der Waals surface area contributed by atoms with Gasteiger partial charge < -0.3 is 26.8 Å². The molecule has 1 atom stereocenters. The molecule has 1 aromatic rings. The van der Waals surface area contributed by atoms with E-state index in [0.717, 1.165) is 63.5 Å². The second kappa shape index (κ2) is 22.4. The van der Waals surface area contributed by atoms with E-state index in [2.05, 4.69) is 16.0 Å². The van der Waals surface area contributed by atoms with E-state index in [9.17, 15) is 19.5 Å². The van der Waals surface area contributed by atoms with E-state index in [1.165, 1.54) is 32.1 Å². The Balaban J connectivity index is 2.07. The zero-order valence-corrected chi connectivity index (χ0v) is 23.6. The topological polar surface area (TPSA) is 134 Å². The van der Waals surface area contributed by atoms with Gasteiger partial charge in [0.25, 0.3) is 0 Å². The number of amides is 3. The highest BCUT2D eigenvalue weighted by Crippen LogP contribution is 2.12. The Morgan fingerprint density at radius 2 is 1.29 bits per heavy atom. The van der Waals surface area contributed by atoms with Gasteiger partial charge in [0.15, 0.2) is 0 Å². The summed E-state index contributed by atoms with van der Waals surface area (Å²) in [4.78, 5) is 36.5. The van der Waals surface area contributed by atoms with Crippen LogP contribution in [0.15, 0.2) is 24.3 Å². The summed E-state index contributed by atoms with van der Waals surface area (Å²) in [5.41, 5.74) is 6.33. The van der Waals surface area contributed by atoms with Crippen LogP contribution in [0.4, 0.5) is 0 Å². The van der Waals surface area contributed by atoms with Gasteiger partial charge in [0.2, 0.25) is 17.7 Å². The van der Waals surface area contributed by atoms with Gasteiger partial charge in [-0.05, 0) is 56.3 Å². The van der Waals surface area contributed by atoms with Crippen LogP contribution in [0.1, 0.15) is 109 Å². The minimum Gasteiger partial charge on any atom is -0.508 e. The third kappa shape index (κ3) is 17.8. The van der Waals surface area contributed by atoms with Crippen molar-refractivity contribution < 1.29 is 19.5 Å². The predicted molar refractivity (Wildman–Crippen MR) is 154 cm³/mol. The third-order valence-electron chi connectivity index (χ3n) is 6.59. The number of nitrogens with one attached hydrogen (secondary N) is 3. The van der Waals surface area contributed by atoms with E-state index in [-0.39, 0.29) is 23.5 Å². The van der Waals surface area contributed by atoms with Crippen LogP contribution in [-0.4, -0.2) is 48.5 Å². The van der Waals surface area contributed by atoms with E-state index >= 15 is 0 Å². The Morgan fingerprint density at radius 3 is 1.84 bits per heavy atom. The van der Waals surface area contributed by atoms with Crippen LogP contribution in [0.5, 0.6) is 5.75 Å². The molecule has 1 aromatic carbocycles. The fraction of sp³-hybridized carbons (Fsp3) is 0.700. The van der Waals surface area contributed by atoms with E-state index in [0.29, 0.717) is 32.4 Å². The quantitative estimate of drug-likeness (QED) is 0.133. The van der Waals surface area contributed by atoms with Crippen molar-refractivity contribution in [2.24, 2.45) is 5.73 Å². The molecule has 0 aromatic heterocycles. The molecule has 0 aliphatic rings. The van der Waals surface area contributed by atoms with Crippen LogP contribution in [0.3, 0.4) is 0 Å². The summed E-state index contributed by atoms with van der Waals surface area (Å²) in [5.74, 6) is 0.0449. The average Bonchev–Trinajstić information content (AvgIpc) is 2.90. The molecule has 0 fully saturated rings. The predicted octanol–water partition coefficient (Wildman–Crippen LogP) is 4.48. The average molecular weight is 533 g/mol. The minimum absolute atomic E-state index is 0.118. The molecule has 0 aliphatic carbocycles.